The van der Waals surface area contributed by atoms with Gasteiger partial charge >= 0.3 is 5.97 Å². The largest absolute Gasteiger partial charge is 0.478 e. The van der Waals surface area contributed by atoms with Gasteiger partial charge in [-0.05, 0) is 35.8 Å². The molecule has 0 aromatic heterocycles. The second-order valence-corrected chi connectivity index (χ2v) is 3.30. The molecule has 0 spiro atoms. The molecule has 0 heterocycles. The van der Waals surface area contributed by atoms with Crippen LogP contribution in [0.2, 0.25) is 5.02 Å². The highest BCUT2D eigenvalue weighted by molar-refractivity contribution is 6.30. The van der Waals surface area contributed by atoms with Gasteiger partial charge in [-0.1, -0.05) is 24.6 Å². The molecule has 1 aromatic carbocycles. The lowest BCUT2D eigenvalue weighted by Crippen LogP contribution is -1.89. The third-order valence-electron chi connectivity index (χ3n) is 1.89. The molecule has 0 amide bonds. The van der Waals surface area contributed by atoms with Crippen molar-refractivity contribution < 1.29 is 9.90 Å². The molecule has 0 fully saturated rings. The van der Waals surface area contributed by atoms with Crippen molar-refractivity contribution in [1.82, 2.24) is 0 Å². The average molecular weight is 211 g/mol. The quantitative estimate of drug-likeness (QED) is 0.779. The first-order valence-electron chi connectivity index (χ1n) is 4.33. The number of aliphatic carboxylic acids is 1. The Morgan fingerprint density at radius 1 is 1.57 bits per heavy atom. The Labute approximate surface area is 87.8 Å². The number of carboxylic acid groups (broad SMARTS) is 1. The second-order valence-electron chi connectivity index (χ2n) is 2.87. The Hall–Kier alpha value is -1.28. The standard InChI is InChI=1S/C11H11ClO2/c1-2-8-7-10(12)5-3-9(8)4-6-11(13)14/h3-7H,2H2,1H3,(H,13,14). The van der Waals surface area contributed by atoms with E-state index in [2.05, 4.69) is 0 Å². The number of rotatable bonds is 3. The van der Waals surface area contributed by atoms with Gasteiger partial charge in [0.05, 0.1) is 0 Å². The van der Waals surface area contributed by atoms with E-state index in [4.69, 9.17) is 16.7 Å². The third-order valence-corrected chi connectivity index (χ3v) is 2.13. The van der Waals surface area contributed by atoms with Crippen molar-refractivity contribution in [3.63, 3.8) is 0 Å². The predicted molar refractivity (Wildman–Crippen MR) is 57.5 cm³/mol. The number of benzene rings is 1. The lowest BCUT2D eigenvalue weighted by molar-refractivity contribution is -0.131. The number of halogens is 1. The summed E-state index contributed by atoms with van der Waals surface area (Å²) in [4.78, 5) is 10.3. The van der Waals surface area contributed by atoms with Crippen LogP contribution >= 0.6 is 11.6 Å². The Bertz CT molecular complexity index is 370. The number of carboxylic acids is 1. The van der Waals surface area contributed by atoms with Crippen LogP contribution in [0.4, 0.5) is 0 Å². The number of hydrogen-bond donors (Lipinski definition) is 1. The highest BCUT2D eigenvalue weighted by atomic mass is 35.5. The van der Waals surface area contributed by atoms with Crippen LogP contribution in [0.15, 0.2) is 24.3 Å². The molecule has 1 aromatic rings. The molecule has 3 heteroatoms. The molecule has 1 rings (SSSR count). The maximum absolute atomic E-state index is 10.3. The molecule has 0 aliphatic rings. The molecule has 0 aliphatic heterocycles. The second kappa shape index (κ2) is 4.82. The summed E-state index contributed by atoms with van der Waals surface area (Å²) < 4.78 is 0. The first-order chi connectivity index (χ1) is 6.63. The van der Waals surface area contributed by atoms with Crippen LogP contribution < -0.4 is 0 Å². The zero-order chi connectivity index (χ0) is 10.6. The molecule has 14 heavy (non-hydrogen) atoms. The molecule has 0 atom stereocenters. The number of hydrogen-bond acceptors (Lipinski definition) is 1. The SMILES string of the molecule is CCc1cc(Cl)ccc1C=CC(=O)O. The van der Waals surface area contributed by atoms with Gasteiger partial charge in [0.15, 0.2) is 0 Å². The van der Waals surface area contributed by atoms with E-state index >= 15 is 0 Å². The van der Waals surface area contributed by atoms with Crippen molar-refractivity contribution in [2.45, 2.75) is 13.3 Å². The fraction of sp³-hybridized carbons (Fsp3) is 0.182. The smallest absolute Gasteiger partial charge is 0.328 e. The van der Waals surface area contributed by atoms with Gasteiger partial charge in [0.25, 0.3) is 0 Å². The predicted octanol–water partition coefficient (Wildman–Crippen LogP) is 3.00. The van der Waals surface area contributed by atoms with Crippen LogP contribution in [0.1, 0.15) is 18.1 Å². The molecule has 74 valence electrons. The summed E-state index contributed by atoms with van der Waals surface area (Å²) in [7, 11) is 0. The molecule has 0 aliphatic carbocycles. The molecule has 0 bridgehead atoms. The van der Waals surface area contributed by atoms with E-state index in [0.717, 1.165) is 23.6 Å². The Kier molecular flexibility index (Phi) is 3.72. The Morgan fingerprint density at radius 2 is 2.29 bits per heavy atom. The van der Waals surface area contributed by atoms with Gasteiger partial charge in [-0.3, -0.25) is 0 Å². The summed E-state index contributed by atoms with van der Waals surface area (Å²) in [5.74, 6) is -0.943. The molecule has 1 N–H and O–H groups in total. The van der Waals surface area contributed by atoms with Gasteiger partial charge in [-0.15, -0.1) is 0 Å². The van der Waals surface area contributed by atoms with Crippen LogP contribution in [0, 0.1) is 0 Å². The lowest BCUT2D eigenvalue weighted by Gasteiger charge is -2.02. The highest BCUT2D eigenvalue weighted by Crippen LogP contribution is 2.17. The molecule has 2 nitrogen and oxygen atoms in total. The maximum atomic E-state index is 10.3. The van der Waals surface area contributed by atoms with Crippen molar-refractivity contribution in [3.05, 3.63) is 40.4 Å². The summed E-state index contributed by atoms with van der Waals surface area (Å²) in [5, 5.41) is 9.16. The first kappa shape index (κ1) is 10.8. The average Bonchev–Trinajstić information content (AvgIpc) is 2.15. The van der Waals surface area contributed by atoms with Crippen LogP contribution in [-0.2, 0) is 11.2 Å². The monoisotopic (exact) mass is 210 g/mol. The van der Waals surface area contributed by atoms with E-state index in [1.54, 1.807) is 12.1 Å². The van der Waals surface area contributed by atoms with Crippen molar-refractivity contribution >= 4 is 23.6 Å². The van der Waals surface area contributed by atoms with E-state index in [9.17, 15) is 4.79 Å². The molecular weight excluding hydrogens is 200 g/mol. The van der Waals surface area contributed by atoms with Crippen molar-refractivity contribution in [2.75, 3.05) is 0 Å². The summed E-state index contributed by atoms with van der Waals surface area (Å²) in [6.07, 6.45) is 3.54. The van der Waals surface area contributed by atoms with Gasteiger partial charge in [-0.25, -0.2) is 4.79 Å². The van der Waals surface area contributed by atoms with E-state index in [1.165, 1.54) is 0 Å². The maximum Gasteiger partial charge on any atom is 0.328 e. The molecule has 0 unspecified atom stereocenters. The summed E-state index contributed by atoms with van der Waals surface area (Å²) in [5.41, 5.74) is 1.95. The van der Waals surface area contributed by atoms with E-state index < -0.39 is 5.97 Å². The minimum absolute atomic E-state index is 0.675. The highest BCUT2D eigenvalue weighted by Gasteiger charge is 1.98. The molecule has 0 saturated heterocycles. The third kappa shape index (κ3) is 2.89. The fourth-order valence-corrected chi connectivity index (χ4v) is 1.40. The Morgan fingerprint density at radius 3 is 2.86 bits per heavy atom. The normalized spacial score (nSPS) is 10.7. The van der Waals surface area contributed by atoms with Crippen molar-refractivity contribution in [3.8, 4) is 0 Å². The van der Waals surface area contributed by atoms with Crippen molar-refractivity contribution in [2.24, 2.45) is 0 Å². The summed E-state index contributed by atoms with van der Waals surface area (Å²) in [6, 6.07) is 5.42. The van der Waals surface area contributed by atoms with Crippen LogP contribution in [0.5, 0.6) is 0 Å². The van der Waals surface area contributed by atoms with E-state index in [0.29, 0.717) is 5.02 Å². The van der Waals surface area contributed by atoms with Gasteiger partial charge in [0.1, 0.15) is 0 Å². The van der Waals surface area contributed by atoms with Crippen LogP contribution in [0.25, 0.3) is 6.08 Å². The lowest BCUT2D eigenvalue weighted by atomic mass is 10.1. The van der Waals surface area contributed by atoms with Crippen molar-refractivity contribution in [1.29, 1.82) is 0 Å². The first-order valence-corrected chi connectivity index (χ1v) is 4.70. The van der Waals surface area contributed by atoms with Crippen LogP contribution in [-0.4, -0.2) is 11.1 Å². The van der Waals surface area contributed by atoms with Crippen LogP contribution in [0.3, 0.4) is 0 Å². The van der Waals surface area contributed by atoms with Gasteiger partial charge < -0.3 is 5.11 Å². The number of carbonyl (C=O) groups is 1. The van der Waals surface area contributed by atoms with Gasteiger partial charge in [0, 0.05) is 11.1 Å². The zero-order valence-corrected chi connectivity index (χ0v) is 8.58. The Balaban J connectivity index is 3.02. The summed E-state index contributed by atoms with van der Waals surface area (Å²) in [6.45, 7) is 2.00. The molecule has 0 radical (unpaired) electrons. The minimum Gasteiger partial charge on any atom is -0.478 e. The van der Waals surface area contributed by atoms with Gasteiger partial charge in [-0.2, -0.15) is 0 Å². The summed E-state index contributed by atoms with van der Waals surface area (Å²) >= 11 is 5.82. The minimum atomic E-state index is -0.943. The topological polar surface area (TPSA) is 37.3 Å². The number of aryl methyl sites for hydroxylation is 1. The van der Waals surface area contributed by atoms with E-state index in [-0.39, 0.29) is 0 Å². The molecular formula is C11H11ClO2. The van der Waals surface area contributed by atoms with Gasteiger partial charge in [0.2, 0.25) is 0 Å². The zero-order valence-electron chi connectivity index (χ0n) is 7.83. The molecule has 0 saturated carbocycles. The van der Waals surface area contributed by atoms with E-state index in [1.807, 2.05) is 19.1 Å². The fourth-order valence-electron chi connectivity index (χ4n) is 1.20.